The topological polar surface area (TPSA) is 86.9 Å². The highest BCUT2D eigenvalue weighted by Gasteiger charge is 2.45. The van der Waals surface area contributed by atoms with E-state index in [1.165, 1.54) is 0 Å². The van der Waals surface area contributed by atoms with Gasteiger partial charge in [0.05, 0.1) is 24.1 Å². The van der Waals surface area contributed by atoms with Crippen LogP contribution in [0.5, 0.6) is 0 Å². The second-order valence-electron chi connectivity index (χ2n) is 10.0. The second-order valence-corrected chi connectivity index (χ2v) is 10.4. The van der Waals surface area contributed by atoms with Crippen LogP contribution in [0, 0.1) is 5.41 Å². The van der Waals surface area contributed by atoms with E-state index in [0.717, 1.165) is 5.56 Å². The van der Waals surface area contributed by atoms with Gasteiger partial charge in [-0.3, -0.25) is 9.59 Å². The highest BCUT2D eigenvalue weighted by molar-refractivity contribution is 6.30. The van der Waals surface area contributed by atoms with E-state index < -0.39 is 17.4 Å². The number of likely N-dealkylation sites (tertiary alicyclic amines) is 1. The Morgan fingerprint density at radius 1 is 1.21 bits per heavy atom. The summed E-state index contributed by atoms with van der Waals surface area (Å²) in [6.45, 7) is 3.73. The van der Waals surface area contributed by atoms with E-state index in [1.54, 1.807) is 35.8 Å². The third-order valence-electron chi connectivity index (χ3n) is 6.84. The molecule has 1 aliphatic carbocycles. The molecule has 1 aromatic rings. The quantitative estimate of drug-likeness (QED) is 0.620. The minimum absolute atomic E-state index is 0.198. The number of alkyl halides is 2. The summed E-state index contributed by atoms with van der Waals surface area (Å²) < 4.78 is 27.5. The number of carbonyl (C=O) groups is 2. The number of hydrogen-bond donors (Lipinski definition) is 2. The van der Waals surface area contributed by atoms with Crippen molar-refractivity contribution in [1.29, 1.82) is 0 Å². The summed E-state index contributed by atoms with van der Waals surface area (Å²) >= 11 is 5.91. The number of aliphatic hydroxyl groups excluding tert-OH is 1. The van der Waals surface area contributed by atoms with Crippen LogP contribution in [0.25, 0.3) is 0 Å². The zero-order valence-electron chi connectivity index (χ0n) is 19.3. The number of nitrogens with zero attached hydrogens (tertiary/aromatic N) is 2. The third kappa shape index (κ3) is 6.22. The van der Waals surface area contributed by atoms with Crippen molar-refractivity contribution in [1.82, 2.24) is 9.80 Å². The third-order valence-corrected chi connectivity index (χ3v) is 7.10. The van der Waals surface area contributed by atoms with Gasteiger partial charge in [-0.25, -0.2) is 8.78 Å². The Hall–Kier alpha value is -1.77. The molecule has 3 rings (SSSR count). The van der Waals surface area contributed by atoms with E-state index in [-0.39, 0.29) is 56.2 Å². The summed E-state index contributed by atoms with van der Waals surface area (Å²) in [6, 6.07) is 5.82. The number of benzene rings is 1. The fourth-order valence-electron chi connectivity index (χ4n) is 4.72. The Kier molecular flexibility index (Phi) is 8.02. The van der Waals surface area contributed by atoms with Gasteiger partial charge in [0, 0.05) is 37.0 Å². The summed E-state index contributed by atoms with van der Waals surface area (Å²) in [6.07, 6.45) is 0.820. The first-order chi connectivity index (χ1) is 15.4. The van der Waals surface area contributed by atoms with Crippen LogP contribution in [0.15, 0.2) is 24.3 Å². The molecular weight excluding hydrogens is 452 g/mol. The lowest BCUT2D eigenvalue weighted by molar-refractivity contribution is -0.151. The van der Waals surface area contributed by atoms with Crippen molar-refractivity contribution in [2.75, 3.05) is 19.7 Å². The van der Waals surface area contributed by atoms with Gasteiger partial charge in [-0.05, 0) is 57.2 Å². The van der Waals surface area contributed by atoms with Crippen LogP contribution in [-0.2, 0) is 16.0 Å². The van der Waals surface area contributed by atoms with Crippen LogP contribution < -0.4 is 5.73 Å². The predicted molar refractivity (Wildman–Crippen MR) is 123 cm³/mol. The van der Waals surface area contributed by atoms with Crippen LogP contribution in [0.2, 0.25) is 5.02 Å². The average Bonchev–Trinajstić information content (AvgIpc) is 3.25. The van der Waals surface area contributed by atoms with Crippen molar-refractivity contribution >= 4 is 23.4 Å². The molecule has 0 radical (unpaired) electrons. The van der Waals surface area contributed by atoms with Gasteiger partial charge in [-0.2, -0.15) is 0 Å². The molecule has 0 aromatic heterocycles. The maximum Gasteiger partial charge on any atom is 0.248 e. The number of rotatable bonds is 7. The molecule has 1 aromatic carbocycles. The second kappa shape index (κ2) is 10.2. The van der Waals surface area contributed by atoms with Crippen molar-refractivity contribution in [3.63, 3.8) is 0 Å². The van der Waals surface area contributed by atoms with Gasteiger partial charge in [0.15, 0.2) is 0 Å². The fourth-order valence-corrected chi connectivity index (χ4v) is 4.84. The van der Waals surface area contributed by atoms with Crippen LogP contribution in [0.3, 0.4) is 0 Å². The maximum atomic E-state index is 13.8. The number of hydrogen-bond acceptors (Lipinski definition) is 4. The van der Waals surface area contributed by atoms with Gasteiger partial charge in [0.2, 0.25) is 17.7 Å². The number of halogens is 3. The standard InChI is InChI=1S/C24H34ClF2N3O3/c1-23(2,15-31)22(33)30(18-7-10-24(26,27)11-8-18)19-9-12-29(14-19)21(32)20(28)13-16-3-5-17(25)6-4-16/h3-6,18-20,31H,7-15,28H2,1-2H3. The molecule has 2 amide bonds. The molecule has 2 unspecified atom stereocenters. The van der Waals surface area contributed by atoms with E-state index in [2.05, 4.69) is 0 Å². The molecule has 1 saturated heterocycles. The summed E-state index contributed by atoms with van der Waals surface area (Å²) in [5.41, 5.74) is 6.07. The zero-order chi connectivity index (χ0) is 24.4. The van der Waals surface area contributed by atoms with Crippen molar-refractivity contribution in [2.45, 2.75) is 76.4 Å². The number of aliphatic hydroxyl groups is 1. The molecule has 184 valence electrons. The Morgan fingerprint density at radius 3 is 2.39 bits per heavy atom. The van der Waals surface area contributed by atoms with Crippen molar-refractivity contribution in [3.8, 4) is 0 Å². The molecule has 1 saturated carbocycles. The van der Waals surface area contributed by atoms with Gasteiger partial charge in [0.25, 0.3) is 0 Å². The molecule has 1 aliphatic heterocycles. The van der Waals surface area contributed by atoms with Crippen molar-refractivity contribution in [2.24, 2.45) is 11.1 Å². The number of amides is 2. The first-order valence-corrected chi connectivity index (χ1v) is 11.9. The minimum Gasteiger partial charge on any atom is -0.395 e. The first kappa shape index (κ1) is 25.8. The largest absolute Gasteiger partial charge is 0.395 e. The van der Waals surface area contributed by atoms with E-state index >= 15 is 0 Å². The zero-order valence-corrected chi connectivity index (χ0v) is 20.0. The van der Waals surface area contributed by atoms with Gasteiger partial charge in [-0.1, -0.05) is 23.7 Å². The molecule has 2 fully saturated rings. The highest BCUT2D eigenvalue weighted by Crippen LogP contribution is 2.38. The SMILES string of the molecule is CC(C)(CO)C(=O)N(C1CCC(F)(F)CC1)C1CCN(C(=O)C(N)Cc2ccc(Cl)cc2)C1. The molecule has 2 atom stereocenters. The fraction of sp³-hybridized carbons (Fsp3) is 0.667. The predicted octanol–water partition coefficient (Wildman–Crippen LogP) is 3.24. The summed E-state index contributed by atoms with van der Waals surface area (Å²) in [4.78, 5) is 29.7. The molecule has 0 spiro atoms. The van der Waals surface area contributed by atoms with Crippen LogP contribution in [0.1, 0.15) is 51.5 Å². The summed E-state index contributed by atoms with van der Waals surface area (Å²) in [7, 11) is 0. The first-order valence-electron chi connectivity index (χ1n) is 11.5. The Morgan fingerprint density at radius 2 is 1.82 bits per heavy atom. The maximum absolute atomic E-state index is 13.8. The lowest BCUT2D eigenvalue weighted by Crippen LogP contribution is -2.55. The summed E-state index contributed by atoms with van der Waals surface area (Å²) in [5.74, 6) is -3.16. The number of nitrogens with two attached hydrogens (primary N) is 1. The van der Waals surface area contributed by atoms with Crippen LogP contribution in [-0.4, -0.2) is 70.5 Å². The van der Waals surface area contributed by atoms with Gasteiger partial charge < -0.3 is 20.6 Å². The molecule has 0 bridgehead atoms. The molecule has 9 heteroatoms. The number of carbonyl (C=O) groups excluding carboxylic acids is 2. The minimum atomic E-state index is -2.70. The lowest BCUT2D eigenvalue weighted by Gasteiger charge is -2.43. The van der Waals surface area contributed by atoms with E-state index in [4.69, 9.17) is 17.3 Å². The molecular formula is C24H34ClF2N3O3. The highest BCUT2D eigenvalue weighted by atomic mass is 35.5. The monoisotopic (exact) mass is 485 g/mol. The lowest BCUT2D eigenvalue weighted by atomic mass is 9.86. The van der Waals surface area contributed by atoms with Crippen molar-refractivity contribution < 1.29 is 23.5 Å². The van der Waals surface area contributed by atoms with E-state index in [1.807, 2.05) is 12.1 Å². The van der Waals surface area contributed by atoms with Crippen molar-refractivity contribution in [3.05, 3.63) is 34.9 Å². The van der Waals surface area contributed by atoms with E-state index in [9.17, 15) is 23.5 Å². The Balaban J connectivity index is 1.70. The van der Waals surface area contributed by atoms with Gasteiger partial charge in [-0.15, -0.1) is 0 Å². The Labute approximate surface area is 199 Å². The van der Waals surface area contributed by atoms with Crippen LogP contribution in [0.4, 0.5) is 8.78 Å². The molecule has 1 heterocycles. The molecule has 6 nitrogen and oxygen atoms in total. The summed E-state index contributed by atoms with van der Waals surface area (Å²) in [5, 5.41) is 10.4. The smallest absolute Gasteiger partial charge is 0.248 e. The Bertz CT molecular complexity index is 840. The average molecular weight is 486 g/mol. The molecule has 3 N–H and O–H groups in total. The normalized spacial score (nSPS) is 22.3. The molecule has 2 aliphatic rings. The van der Waals surface area contributed by atoms with Gasteiger partial charge >= 0.3 is 0 Å². The molecule has 33 heavy (non-hydrogen) atoms. The van der Waals surface area contributed by atoms with E-state index in [0.29, 0.717) is 31.0 Å². The van der Waals surface area contributed by atoms with Crippen LogP contribution >= 0.6 is 11.6 Å². The van der Waals surface area contributed by atoms with Gasteiger partial charge in [0.1, 0.15) is 0 Å².